The van der Waals surface area contributed by atoms with Crippen molar-refractivity contribution in [1.29, 1.82) is 0 Å². The lowest BCUT2D eigenvalue weighted by molar-refractivity contribution is -0.147. The van der Waals surface area contributed by atoms with Gasteiger partial charge in [-0.2, -0.15) is 18.2 Å². The molecule has 33 heavy (non-hydrogen) atoms. The van der Waals surface area contributed by atoms with Gasteiger partial charge in [-0.25, -0.2) is 4.98 Å². The van der Waals surface area contributed by atoms with Crippen LogP contribution in [0.5, 0.6) is 5.75 Å². The molecule has 3 aliphatic rings. The fourth-order valence-electron chi connectivity index (χ4n) is 4.19. The van der Waals surface area contributed by atoms with Crippen LogP contribution in [0.25, 0.3) is 0 Å². The predicted molar refractivity (Wildman–Crippen MR) is 116 cm³/mol. The molecular formula is C21H24F3N7O2. The standard InChI is InChI=1S/C21H24F3N7O2/c22-21(23,24)11-30-5-6-31-14(9-30)10-33-17-7-13(3-4-16(17)31)28-20-26-8-15(18(25)32)19(29-20)27-12-1-2-12/h3-4,7-8,12,14H,1-2,5-6,9-11H2,(H2,25,32)(H2,26,27,28,29). The lowest BCUT2D eigenvalue weighted by Crippen LogP contribution is -2.58. The summed E-state index contributed by atoms with van der Waals surface area (Å²) in [5.41, 5.74) is 7.19. The summed E-state index contributed by atoms with van der Waals surface area (Å²) in [4.78, 5) is 23.8. The molecule has 4 N–H and O–H groups in total. The first-order valence-electron chi connectivity index (χ1n) is 10.8. The second-order valence-electron chi connectivity index (χ2n) is 8.55. The number of piperazine rings is 1. The van der Waals surface area contributed by atoms with Gasteiger partial charge < -0.3 is 26.0 Å². The molecule has 2 fully saturated rings. The number of fused-ring (bicyclic) bond motifs is 3. The van der Waals surface area contributed by atoms with Crippen LogP contribution in [0.4, 0.5) is 36.3 Å². The highest BCUT2D eigenvalue weighted by atomic mass is 19.4. The largest absolute Gasteiger partial charge is 0.489 e. The summed E-state index contributed by atoms with van der Waals surface area (Å²) in [5.74, 6) is 0.746. The van der Waals surface area contributed by atoms with Crippen LogP contribution < -0.4 is 26.0 Å². The van der Waals surface area contributed by atoms with E-state index < -0.39 is 18.6 Å². The molecule has 5 rings (SSSR count). The number of ether oxygens (including phenoxy) is 1. The minimum atomic E-state index is -4.21. The van der Waals surface area contributed by atoms with Crippen LogP contribution in [-0.2, 0) is 0 Å². The number of nitrogens with one attached hydrogen (secondary N) is 2. The van der Waals surface area contributed by atoms with Crippen LogP contribution in [-0.4, -0.2) is 71.8 Å². The summed E-state index contributed by atoms with van der Waals surface area (Å²) >= 11 is 0. The van der Waals surface area contributed by atoms with Gasteiger partial charge in [0.05, 0.1) is 23.8 Å². The van der Waals surface area contributed by atoms with E-state index in [9.17, 15) is 18.0 Å². The second kappa shape index (κ2) is 8.25. The van der Waals surface area contributed by atoms with Gasteiger partial charge in [0.1, 0.15) is 18.2 Å². The molecule has 2 aliphatic heterocycles. The summed E-state index contributed by atoms with van der Waals surface area (Å²) in [6.07, 6.45) is -0.790. The number of carbonyl (C=O) groups excluding carboxylic acids is 1. The second-order valence-corrected chi connectivity index (χ2v) is 8.55. The Bertz CT molecular complexity index is 1060. The number of carbonyl (C=O) groups is 1. The van der Waals surface area contributed by atoms with Crippen LogP contribution in [0.2, 0.25) is 0 Å². The number of hydrogen-bond donors (Lipinski definition) is 3. The maximum Gasteiger partial charge on any atom is 0.401 e. The number of alkyl halides is 3. The molecule has 2 aromatic rings. The topological polar surface area (TPSA) is 109 Å². The van der Waals surface area contributed by atoms with Crippen molar-refractivity contribution in [2.75, 3.05) is 48.3 Å². The lowest BCUT2D eigenvalue weighted by atomic mass is 10.1. The molecule has 1 aliphatic carbocycles. The predicted octanol–water partition coefficient (Wildman–Crippen LogP) is 2.34. The van der Waals surface area contributed by atoms with Gasteiger partial charge in [0.2, 0.25) is 5.95 Å². The lowest BCUT2D eigenvalue weighted by Gasteiger charge is -2.45. The SMILES string of the molecule is NC(=O)c1cnc(Nc2ccc3c(c2)OCC2CN(CC(F)(F)F)CCN32)nc1NC1CC1. The first kappa shape index (κ1) is 21.6. The number of nitrogens with zero attached hydrogens (tertiary/aromatic N) is 4. The normalized spacial score (nSPS) is 20.5. The molecule has 1 amide bonds. The smallest absolute Gasteiger partial charge is 0.401 e. The van der Waals surface area contributed by atoms with Crippen molar-refractivity contribution >= 4 is 29.0 Å². The van der Waals surface area contributed by atoms with Crippen LogP contribution in [0, 0.1) is 0 Å². The summed E-state index contributed by atoms with van der Waals surface area (Å²) in [5, 5.41) is 6.31. The maximum absolute atomic E-state index is 12.7. The fourth-order valence-corrected chi connectivity index (χ4v) is 4.19. The number of anilines is 4. The Morgan fingerprint density at radius 2 is 2.09 bits per heavy atom. The Labute approximate surface area is 188 Å². The molecule has 176 valence electrons. The van der Waals surface area contributed by atoms with E-state index in [1.165, 1.54) is 11.1 Å². The van der Waals surface area contributed by atoms with Crippen molar-refractivity contribution in [1.82, 2.24) is 14.9 Å². The third-order valence-electron chi connectivity index (χ3n) is 5.90. The van der Waals surface area contributed by atoms with E-state index in [1.807, 2.05) is 18.2 Å². The van der Waals surface area contributed by atoms with Gasteiger partial charge in [-0.05, 0) is 25.0 Å². The molecule has 1 aromatic carbocycles. The number of benzene rings is 1. The van der Waals surface area contributed by atoms with Gasteiger partial charge in [-0.1, -0.05) is 0 Å². The van der Waals surface area contributed by atoms with Gasteiger partial charge in [0.15, 0.2) is 0 Å². The zero-order valence-electron chi connectivity index (χ0n) is 17.7. The van der Waals surface area contributed by atoms with Crippen LogP contribution in [0.3, 0.4) is 0 Å². The van der Waals surface area contributed by atoms with Crippen molar-refractivity contribution in [3.05, 3.63) is 30.0 Å². The Morgan fingerprint density at radius 1 is 1.27 bits per heavy atom. The molecule has 1 aromatic heterocycles. The third kappa shape index (κ3) is 4.90. The fraction of sp³-hybridized carbons (Fsp3) is 0.476. The minimum Gasteiger partial charge on any atom is -0.489 e. The molecule has 0 spiro atoms. The maximum atomic E-state index is 12.7. The molecule has 12 heteroatoms. The molecule has 3 heterocycles. The molecule has 1 saturated heterocycles. The van der Waals surface area contributed by atoms with E-state index in [0.717, 1.165) is 18.5 Å². The number of aromatic nitrogens is 2. The molecule has 1 unspecified atom stereocenters. The monoisotopic (exact) mass is 463 g/mol. The quantitative estimate of drug-likeness (QED) is 0.599. The van der Waals surface area contributed by atoms with Gasteiger partial charge in [0, 0.05) is 43.6 Å². The molecular weight excluding hydrogens is 439 g/mol. The van der Waals surface area contributed by atoms with Gasteiger partial charge in [-0.15, -0.1) is 0 Å². The Kier molecular flexibility index (Phi) is 5.39. The average molecular weight is 463 g/mol. The van der Waals surface area contributed by atoms with E-state index in [-0.39, 0.29) is 17.6 Å². The van der Waals surface area contributed by atoms with E-state index in [0.29, 0.717) is 49.4 Å². The van der Waals surface area contributed by atoms with Crippen LogP contribution in [0.1, 0.15) is 23.2 Å². The van der Waals surface area contributed by atoms with Crippen LogP contribution in [0.15, 0.2) is 24.4 Å². The van der Waals surface area contributed by atoms with Crippen molar-refractivity contribution in [2.24, 2.45) is 5.73 Å². The first-order chi connectivity index (χ1) is 15.7. The Morgan fingerprint density at radius 3 is 2.82 bits per heavy atom. The zero-order valence-corrected chi connectivity index (χ0v) is 17.7. The number of primary amides is 1. The number of hydrogen-bond acceptors (Lipinski definition) is 8. The number of rotatable bonds is 6. The van der Waals surface area contributed by atoms with E-state index >= 15 is 0 Å². The van der Waals surface area contributed by atoms with Crippen molar-refractivity contribution in [3.63, 3.8) is 0 Å². The third-order valence-corrected chi connectivity index (χ3v) is 5.90. The summed E-state index contributed by atoms with van der Waals surface area (Å²) < 4.78 is 44.1. The average Bonchev–Trinajstić information content (AvgIpc) is 3.56. The molecule has 9 nitrogen and oxygen atoms in total. The van der Waals surface area contributed by atoms with Crippen molar-refractivity contribution in [3.8, 4) is 5.75 Å². The number of halogens is 3. The van der Waals surface area contributed by atoms with Crippen molar-refractivity contribution in [2.45, 2.75) is 31.1 Å². The summed E-state index contributed by atoms with van der Waals surface area (Å²) in [7, 11) is 0. The highest BCUT2D eigenvalue weighted by Crippen LogP contribution is 2.38. The van der Waals surface area contributed by atoms with Crippen molar-refractivity contribution < 1.29 is 22.7 Å². The van der Waals surface area contributed by atoms with Crippen LogP contribution >= 0.6 is 0 Å². The molecule has 0 radical (unpaired) electrons. The van der Waals surface area contributed by atoms with E-state index in [2.05, 4.69) is 25.5 Å². The summed E-state index contributed by atoms with van der Waals surface area (Å²) in [6, 6.07) is 5.68. The summed E-state index contributed by atoms with van der Waals surface area (Å²) in [6.45, 7) is 0.545. The Balaban J connectivity index is 1.30. The first-order valence-corrected chi connectivity index (χ1v) is 10.8. The van der Waals surface area contributed by atoms with E-state index in [1.54, 1.807) is 0 Å². The Hall–Kier alpha value is -3.28. The van der Waals surface area contributed by atoms with Gasteiger partial charge in [-0.3, -0.25) is 9.69 Å². The van der Waals surface area contributed by atoms with Gasteiger partial charge >= 0.3 is 6.18 Å². The number of amides is 1. The highest BCUT2D eigenvalue weighted by molar-refractivity contribution is 5.97. The molecule has 1 atom stereocenters. The van der Waals surface area contributed by atoms with Gasteiger partial charge in [0.25, 0.3) is 5.91 Å². The molecule has 1 saturated carbocycles. The van der Waals surface area contributed by atoms with E-state index in [4.69, 9.17) is 10.5 Å². The minimum absolute atomic E-state index is 0.131. The number of nitrogens with two attached hydrogens (primary N) is 1. The highest BCUT2D eigenvalue weighted by Gasteiger charge is 2.37. The zero-order chi connectivity index (χ0) is 23.2. The molecule has 0 bridgehead atoms.